The predicted molar refractivity (Wildman–Crippen MR) is 91.5 cm³/mol. The molecule has 2 saturated heterocycles. The number of nitrogens with one attached hydrogen (secondary N) is 3. The first-order valence-corrected chi connectivity index (χ1v) is 8.42. The third-order valence-electron chi connectivity index (χ3n) is 5.17. The van der Waals surface area contributed by atoms with Crippen LogP contribution >= 0.6 is 0 Å². The van der Waals surface area contributed by atoms with Crippen molar-refractivity contribution in [2.75, 3.05) is 44.6 Å². The first kappa shape index (κ1) is 16.7. The summed E-state index contributed by atoms with van der Waals surface area (Å²) in [7, 11) is 0. The molecule has 1 aromatic rings. The number of likely N-dealkylation sites (tertiary alicyclic amines) is 1. The van der Waals surface area contributed by atoms with Crippen molar-refractivity contribution in [2.24, 2.45) is 11.3 Å². The summed E-state index contributed by atoms with van der Waals surface area (Å²) < 4.78 is 0. The molecule has 0 unspecified atom stereocenters. The molecule has 1 aromatic heterocycles. The van der Waals surface area contributed by atoms with Gasteiger partial charge >= 0.3 is 0 Å². The maximum atomic E-state index is 12.8. The van der Waals surface area contributed by atoms with Crippen LogP contribution < -0.4 is 16.0 Å². The molecule has 0 bridgehead atoms. The van der Waals surface area contributed by atoms with Gasteiger partial charge in [0.25, 0.3) is 0 Å². The number of carbonyl (C=O) groups excluding carboxylic acids is 2. The van der Waals surface area contributed by atoms with Gasteiger partial charge in [0.05, 0.1) is 5.41 Å². The second kappa shape index (κ2) is 6.76. The number of rotatable bonds is 5. The molecule has 0 radical (unpaired) electrons. The van der Waals surface area contributed by atoms with Crippen LogP contribution in [0.4, 0.5) is 5.69 Å². The first-order valence-electron chi connectivity index (χ1n) is 8.42. The average Bonchev–Trinajstić information content (AvgIpc) is 3.11. The molecule has 3 N–H and O–H groups in total. The van der Waals surface area contributed by atoms with Gasteiger partial charge < -0.3 is 20.9 Å². The smallest absolute Gasteiger partial charge is 0.229 e. The summed E-state index contributed by atoms with van der Waals surface area (Å²) in [6, 6.07) is 1.93. The summed E-state index contributed by atoms with van der Waals surface area (Å²) in [5.74, 6) is 0.303. The van der Waals surface area contributed by atoms with Crippen molar-refractivity contribution in [1.29, 1.82) is 0 Å². The van der Waals surface area contributed by atoms with Crippen molar-refractivity contribution in [1.82, 2.24) is 20.5 Å². The van der Waals surface area contributed by atoms with Crippen LogP contribution in [0, 0.1) is 18.3 Å². The highest BCUT2D eigenvalue weighted by atomic mass is 16.2. The minimum atomic E-state index is -0.474. The van der Waals surface area contributed by atoms with E-state index in [0.717, 1.165) is 17.8 Å². The summed E-state index contributed by atoms with van der Waals surface area (Å²) in [6.45, 7) is 7.40. The van der Waals surface area contributed by atoms with E-state index < -0.39 is 5.41 Å². The van der Waals surface area contributed by atoms with E-state index in [1.807, 2.05) is 19.2 Å². The molecule has 0 saturated carbocycles. The maximum absolute atomic E-state index is 12.8. The van der Waals surface area contributed by atoms with E-state index >= 15 is 0 Å². The van der Waals surface area contributed by atoms with Gasteiger partial charge in [-0.2, -0.15) is 0 Å². The van der Waals surface area contributed by atoms with Crippen molar-refractivity contribution in [3.63, 3.8) is 0 Å². The van der Waals surface area contributed by atoms with E-state index in [2.05, 4.69) is 20.9 Å². The van der Waals surface area contributed by atoms with E-state index in [9.17, 15) is 9.59 Å². The minimum absolute atomic E-state index is 0.0476. The topological polar surface area (TPSA) is 86.4 Å². The van der Waals surface area contributed by atoms with Crippen molar-refractivity contribution in [3.05, 3.63) is 24.0 Å². The van der Waals surface area contributed by atoms with E-state index in [-0.39, 0.29) is 17.7 Å². The van der Waals surface area contributed by atoms with Gasteiger partial charge in [-0.3, -0.25) is 14.6 Å². The Bertz CT molecular complexity index is 635. The summed E-state index contributed by atoms with van der Waals surface area (Å²) in [5.41, 5.74) is 1.63. The standard InChI is InChI=1S/C17H25N5O2/c1-12-7-18-4-3-15(12)20-5-6-21-16(24)17-10-19-8-14(17)9-22(11-17)13(2)23/h3-4,7,14,19H,5-6,8-11H2,1-2H3,(H,18,20)(H,21,24)/t14-,17-/m1/s1. The Kier molecular flexibility index (Phi) is 4.71. The Morgan fingerprint density at radius 3 is 3.04 bits per heavy atom. The van der Waals surface area contributed by atoms with Crippen LogP contribution in [0.1, 0.15) is 12.5 Å². The molecule has 2 fully saturated rings. The lowest BCUT2D eigenvalue weighted by Gasteiger charge is -2.26. The average molecular weight is 331 g/mol. The minimum Gasteiger partial charge on any atom is -0.383 e. The fourth-order valence-corrected chi connectivity index (χ4v) is 3.70. The SMILES string of the molecule is CC(=O)N1C[C@H]2CNC[C@@]2(C(=O)NCCNc2ccncc2C)C1. The van der Waals surface area contributed by atoms with Crippen molar-refractivity contribution < 1.29 is 9.59 Å². The molecule has 24 heavy (non-hydrogen) atoms. The Hall–Kier alpha value is -2.15. The number of carbonyl (C=O) groups is 2. The number of aromatic nitrogens is 1. The molecule has 2 aliphatic rings. The molecule has 0 spiro atoms. The number of fused-ring (bicyclic) bond motifs is 1. The fourth-order valence-electron chi connectivity index (χ4n) is 3.70. The quantitative estimate of drug-likeness (QED) is 0.661. The fraction of sp³-hybridized carbons (Fsp3) is 0.588. The van der Waals surface area contributed by atoms with Gasteiger partial charge in [-0.25, -0.2) is 0 Å². The zero-order valence-electron chi connectivity index (χ0n) is 14.3. The largest absolute Gasteiger partial charge is 0.383 e. The molecule has 2 atom stereocenters. The van der Waals surface area contributed by atoms with Gasteiger partial charge in [0, 0.05) is 70.2 Å². The molecule has 2 aliphatic heterocycles. The number of pyridine rings is 1. The summed E-state index contributed by atoms with van der Waals surface area (Å²) in [5, 5.41) is 9.66. The Morgan fingerprint density at radius 1 is 1.46 bits per heavy atom. The first-order chi connectivity index (χ1) is 11.5. The Morgan fingerprint density at radius 2 is 2.29 bits per heavy atom. The predicted octanol–water partition coefficient (Wildman–Crippen LogP) is -0.0140. The molecule has 0 aromatic carbocycles. The van der Waals surface area contributed by atoms with E-state index in [1.54, 1.807) is 18.0 Å². The highest BCUT2D eigenvalue weighted by Crippen LogP contribution is 2.39. The third kappa shape index (κ3) is 3.08. The number of aryl methyl sites for hydroxylation is 1. The third-order valence-corrected chi connectivity index (χ3v) is 5.17. The molecule has 3 rings (SSSR count). The van der Waals surface area contributed by atoms with E-state index in [1.165, 1.54) is 0 Å². The van der Waals surface area contributed by atoms with Gasteiger partial charge in [-0.1, -0.05) is 0 Å². The van der Waals surface area contributed by atoms with Gasteiger partial charge in [0.1, 0.15) is 0 Å². The van der Waals surface area contributed by atoms with Gasteiger partial charge in [-0.05, 0) is 18.6 Å². The second-order valence-electron chi connectivity index (χ2n) is 6.76. The van der Waals surface area contributed by atoms with Crippen LogP contribution in [-0.2, 0) is 9.59 Å². The van der Waals surface area contributed by atoms with Crippen LogP contribution in [0.15, 0.2) is 18.5 Å². The van der Waals surface area contributed by atoms with Crippen LogP contribution in [-0.4, -0.2) is 61.0 Å². The van der Waals surface area contributed by atoms with Gasteiger partial charge in [0.2, 0.25) is 11.8 Å². The summed E-state index contributed by atoms with van der Waals surface area (Å²) >= 11 is 0. The summed E-state index contributed by atoms with van der Waals surface area (Å²) in [6.07, 6.45) is 3.56. The molecule has 0 aliphatic carbocycles. The molecular weight excluding hydrogens is 306 g/mol. The number of amides is 2. The second-order valence-corrected chi connectivity index (χ2v) is 6.76. The Labute approximate surface area is 142 Å². The number of nitrogens with zero attached hydrogens (tertiary/aromatic N) is 2. The zero-order chi connectivity index (χ0) is 17.2. The lowest BCUT2D eigenvalue weighted by Crippen LogP contribution is -2.48. The number of anilines is 1. The number of hydrogen-bond acceptors (Lipinski definition) is 5. The molecular formula is C17H25N5O2. The summed E-state index contributed by atoms with van der Waals surface area (Å²) in [4.78, 5) is 30.3. The van der Waals surface area contributed by atoms with Crippen LogP contribution in [0.3, 0.4) is 0 Å². The monoisotopic (exact) mass is 331 g/mol. The molecule has 7 heteroatoms. The van der Waals surface area contributed by atoms with Crippen LogP contribution in [0.5, 0.6) is 0 Å². The number of hydrogen-bond donors (Lipinski definition) is 3. The van der Waals surface area contributed by atoms with Gasteiger partial charge in [0.15, 0.2) is 0 Å². The van der Waals surface area contributed by atoms with Crippen molar-refractivity contribution >= 4 is 17.5 Å². The van der Waals surface area contributed by atoms with E-state index in [0.29, 0.717) is 32.7 Å². The molecule has 2 amide bonds. The van der Waals surface area contributed by atoms with Crippen LogP contribution in [0.25, 0.3) is 0 Å². The van der Waals surface area contributed by atoms with Crippen molar-refractivity contribution in [2.45, 2.75) is 13.8 Å². The van der Waals surface area contributed by atoms with Crippen molar-refractivity contribution in [3.8, 4) is 0 Å². The maximum Gasteiger partial charge on any atom is 0.229 e. The van der Waals surface area contributed by atoms with Crippen LogP contribution in [0.2, 0.25) is 0 Å². The highest BCUT2D eigenvalue weighted by Gasteiger charge is 2.55. The highest BCUT2D eigenvalue weighted by molar-refractivity contribution is 5.86. The molecule has 130 valence electrons. The normalized spacial score (nSPS) is 25.4. The zero-order valence-corrected chi connectivity index (χ0v) is 14.3. The molecule has 7 nitrogen and oxygen atoms in total. The Balaban J connectivity index is 1.53. The lowest BCUT2D eigenvalue weighted by molar-refractivity contribution is -0.132. The molecule has 3 heterocycles. The lowest BCUT2D eigenvalue weighted by atomic mass is 9.80. The van der Waals surface area contributed by atoms with Gasteiger partial charge in [-0.15, -0.1) is 0 Å². The van der Waals surface area contributed by atoms with E-state index in [4.69, 9.17) is 0 Å².